The Balaban J connectivity index is 1.97. The Kier molecular flexibility index (Phi) is 3.17. The average molecular weight is 258 g/mol. The van der Waals surface area contributed by atoms with Crippen molar-refractivity contribution in [1.29, 1.82) is 0 Å². The highest BCUT2D eigenvalue weighted by Gasteiger charge is 2.25. The van der Waals surface area contributed by atoms with Crippen LogP contribution in [0.4, 0.5) is 5.95 Å². The third-order valence-corrected chi connectivity index (χ3v) is 4.57. The molecule has 4 nitrogen and oxygen atoms in total. The summed E-state index contributed by atoms with van der Waals surface area (Å²) in [6.07, 6.45) is 8.14. The van der Waals surface area contributed by atoms with Crippen molar-refractivity contribution in [3.63, 3.8) is 0 Å². The van der Waals surface area contributed by atoms with E-state index in [9.17, 15) is 0 Å². The molecule has 3 rings (SSSR count). The van der Waals surface area contributed by atoms with Gasteiger partial charge in [0.15, 0.2) is 5.65 Å². The first-order valence-electron chi connectivity index (χ1n) is 7.29. The molecule has 2 aromatic heterocycles. The number of aromatic nitrogens is 3. The fourth-order valence-corrected chi connectivity index (χ4v) is 3.30. The molecule has 0 spiro atoms. The van der Waals surface area contributed by atoms with Gasteiger partial charge in [-0.25, -0.2) is 9.97 Å². The quantitative estimate of drug-likeness (QED) is 0.897. The van der Waals surface area contributed by atoms with Crippen LogP contribution in [0, 0.1) is 12.8 Å². The predicted octanol–water partition coefficient (Wildman–Crippen LogP) is 3.46. The Morgan fingerprint density at radius 1 is 1.32 bits per heavy atom. The first-order chi connectivity index (χ1) is 9.20. The molecule has 0 bridgehead atoms. The van der Waals surface area contributed by atoms with Crippen LogP contribution < -0.4 is 5.73 Å². The lowest BCUT2D eigenvalue weighted by atomic mass is 9.84. The molecule has 0 saturated heterocycles. The summed E-state index contributed by atoms with van der Waals surface area (Å²) in [6, 6.07) is 2.47. The number of pyridine rings is 1. The van der Waals surface area contributed by atoms with Crippen molar-refractivity contribution in [3.05, 3.63) is 17.8 Å². The minimum absolute atomic E-state index is 0.474. The van der Waals surface area contributed by atoms with E-state index >= 15 is 0 Å². The molecule has 19 heavy (non-hydrogen) atoms. The van der Waals surface area contributed by atoms with Gasteiger partial charge in [0.2, 0.25) is 5.95 Å². The molecule has 0 radical (unpaired) electrons. The molecule has 0 amide bonds. The maximum atomic E-state index is 6.13. The van der Waals surface area contributed by atoms with Gasteiger partial charge < -0.3 is 5.73 Å². The van der Waals surface area contributed by atoms with Gasteiger partial charge in [0.25, 0.3) is 0 Å². The fraction of sp³-hybridized carbons (Fsp3) is 0.600. The number of nitrogens with two attached hydrogens (primary N) is 1. The van der Waals surface area contributed by atoms with Crippen molar-refractivity contribution in [1.82, 2.24) is 14.5 Å². The number of aryl methyl sites for hydroxylation is 1. The van der Waals surface area contributed by atoms with Crippen LogP contribution in [0.2, 0.25) is 0 Å². The van der Waals surface area contributed by atoms with Crippen molar-refractivity contribution < 1.29 is 0 Å². The van der Waals surface area contributed by atoms with Gasteiger partial charge in [-0.2, -0.15) is 0 Å². The van der Waals surface area contributed by atoms with E-state index in [1.54, 1.807) is 0 Å². The highest BCUT2D eigenvalue weighted by atomic mass is 15.2. The second-order valence-electron chi connectivity index (χ2n) is 5.72. The largest absolute Gasteiger partial charge is 0.369 e. The first-order valence-corrected chi connectivity index (χ1v) is 7.29. The molecule has 1 aliphatic rings. The van der Waals surface area contributed by atoms with Crippen LogP contribution in [0.1, 0.15) is 50.6 Å². The standard InChI is InChI=1S/C15H22N4/c1-3-11-4-6-12(7-5-11)19-14-13(18-15(19)16)10(2)8-9-17-14/h8-9,11-12H,3-7H2,1-2H3,(H2,16,18). The van der Waals surface area contributed by atoms with Crippen molar-refractivity contribution >= 4 is 17.1 Å². The third kappa shape index (κ3) is 2.09. The van der Waals surface area contributed by atoms with Gasteiger partial charge >= 0.3 is 0 Å². The Bertz CT molecular complexity index is 579. The summed E-state index contributed by atoms with van der Waals surface area (Å²) in [6.45, 7) is 4.35. The van der Waals surface area contributed by atoms with E-state index in [0.717, 1.165) is 22.6 Å². The van der Waals surface area contributed by atoms with Crippen molar-refractivity contribution in [2.24, 2.45) is 5.92 Å². The number of nitrogens with zero attached hydrogens (tertiary/aromatic N) is 3. The molecular formula is C15H22N4. The molecule has 2 aromatic rings. The zero-order valence-electron chi connectivity index (χ0n) is 11.8. The van der Waals surface area contributed by atoms with Crippen molar-refractivity contribution in [2.45, 2.75) is 52.0 Å². The van der Waals surface area contributed by atoms with Crippen LogP contribution >= 0.6 is 0 Å². The Morgan fingerprint density at radius 2 is 2.05 bits per heavy atom. The lowest BCUT2D eigenvalue weighted by Gasteiger charge is -2.29. The SMILES string of the molecule is CCC1CCC(n2c(N)nc3c(C)ccnc32)CC1. The smallest absolute Gasteiger partial charge is 0.202 e. The lowest BCUT2D eigenvalue weighted by Crippen LogP contribution is -2.19. The third-order valence-electron chi connectivity index (χ3n) is 4.57. The highest BCUT2D eigenvalue weighted by Crippen LogP contribution is 2.36. The van der Waals surface area contributed by atoms with Gasteiger partial charge in [-0.05, 0) is 50.2 Å². The van der Waals surface area contributed by atoms with E-state index in [-0.39, 0.29) is 0 Å². The molecule has 0 atom stereocenters. The van der Waals surface area contributed by atoms with E-state index in [0.29, 0.717) is 12.0 Å². The summed E-state index contributed by atoms with van der Waals surface area (Å²) in [4.78, 5) is 9.00. The molecule has 2 heterocycles. The van der Waals surface area contributed by atoms with E-state index in [4.69, 9.17) is 5.73 Å². The lowest BCUT2D eigenvalue weighted by molar-refractivity contribution is 0.274. The molecule has 1 saturated carbocycles. The number of hydrogen-bond acceptors (Lipinski definition) is 3. The second kappa shape index (κ2) is 4.83. The molecule has 102 valence electrons. The summed E-state index contributed by atoms with van der Waals surface area (Å²) in [5.41, 5.74) is 9.19. The predicted molar refractivity (Wildman–Crippen MR) is 78.0 cm³/mol. The molecule has 2 N–H and O–H groups in total. The number of nitrogen functional groups attached to an aromatic ring is 1. The minimum atomic E-state index is 0.474. The first kappa shape index (κ1) is 12.5. The van der Waals surface area contributed by atoms with Gasteiger partial charge in [0.05, 0.1) is 0 Å². The van der Waals surface area contributed by atoms with Crippen molar-refractivity contribution in [3.8, 4) is 0 Å². The van der Waals surface area contributed by atoms with Gasteiger partial charge in [0.1, 0.15) is 5.52 Å². The average Bonchev–Trinajstić information content (AvgIpc) is 2.77. The molecule has 0 unspecified atom stereocenters. The second-order valence-corrected chi connectivity index (χ2v) is 5.72. The van der Waals surface area contributed by atoms with E-state index in [1.807, 2.05) is 12.3 Å². The van der Waals surface area contributed by atoms with Gasteiger partial charge in [-0.3, -0.25) is 4.57 Å². The number of anilines is 1. The summed E-state index contributed by atoms with van der Waals surface area (Å²) >= 11 is 0. The van der Waals surface area contributed by atoms with E-state index < -0.39 is 0 Å². The Morgan fingerprint density at radius 3 is 2.74 bits per heavy atom. The van der Waals surface area contributed by atoms with Crippen LogP contribution in [0.5, 0.6) is 0 Å². The van der Waals surface area contributed by atoms with Gasteiger partial charge in [-0.1, -0.05) is 13.3 Å². The van der Waals surface area contributed by atoms with Crippen LogP contribution in [0.25, 0.3) is 11.2 Å². The zero-order valence-corrected chi connectivity index (χ0v) is 11.8. The summed E-state index contributed by atoms with van der Waals surface area (Å²) in [5, 5.41) is 0. The highest BCUT2D eigenvalue weighted by molar-refractivity contribution is 5.77. The Labute approximate surface area is 114 Å². The molecular weight excluding hydrogens is 236 g/mol. The summed E-state index contributed by atoms with van der Waals surface area (Å²) in [5.74, 6) is 1.51. The monoisotopic (exact) mass is 258 g/mol. The zero-order chi connectivity index (χ0) is 13.4. The maximum Gasteiger partial charge on any atom is 0.202 e. The molecule has 4 heteroatoms. The fourth-order valence-electron chi connectivity index (χ4n) is 3.30. The molecule has 0 aromatic carbocycles. The van der Waals surface area contributed by atoms with Crippen molar-refractivity contribution in [2.75, 3.05) is 5.73 Å². The van der Waals surface area contributed by atoms with Crippen LogP contribution in [-0.2, 0) is 0 Å². The molecule has 0 aliphatic heterocycles. The summed E-state index contributed by atoms with van der Waals surface area (Å²) in [7, 11) is 0. The van der Waals surface area contributed by atoms with Crippen LogP contribution in [0.3, 0.4) is 0 Å². The van der Waals surface area contributed by atoms with Crippen LogP contribution in [0.15, 0.2) is 12.3 Å². The maximum absolute atomic E-state index is 6.13. The van der Waals surface area contributed by atoms with E-state index in [1.165, 1.54) is 32.1 Å². The Hall–Kier alpha value is -1.58. The van der Waals surface area contributed by atoms with Crippen LogP contribution in [-0.4, -0.2) is 14.5 Å². The number of rotatable bonds is 2. The minimum Gasteiger partial charge on any atom is -0.369 e. The van der Waals surface area contributed by atoms with Gasteiger partial charge in [-0.15, -0.1) is 0 Å². The van der Waals surface area contributed by atoms with Gasteiger partial charge in [0, 0.05) is 12.2 Å². The topological polar surface area (TPSA) is 56.7 Å². The molecule has 1 fully saturated rings. The number of hydrogen-bond donors (Lipinski definition) is 1. The molecule has 1 aliphatic carbocycles. The normalized spacial score (nSPS) is 23.9. The number of fused-ring (bicyclic) bond motifs is 1. The number of imidazole rings is 1. The van der Waals surface area contributed by atoms with E-state index in [2.05, 4.69) is 28.4 Å². The summed E-state index contributed by atoms with van der Waals surface area (Å²) < 4.78 is 2.16.